The molecule has 0 aliphatic heterocycles. The Morgan fingerprint density at radius 1 is 1.08 bits per heavy atom. The minimum absolute atomic E-state index is 0.276. The van der Waals surface area contributed by atoms with E-state index >= 15 is 0 Å². The number of carbonyl (C=O) groups excluding carboxylic acids is 1. The van der Waals surface area contributed by atoms with E-state index in [9.17, 15) is 4.79 Å². The van der Waals surface area contributed by atoms with Gasteiger partial charge in [0.05, 0.1) is 17.6 Å². The van der Waals surface area contributed by atoms with Crippen LogP contribution >= 0.6 is 0 Å². The summed E-state index contributed by atoms with van der Waals surface area (Å²) in [5, 5.41) is 10.7. The van der Waals surface area contributed by atoms with E-state index in [1.807, 2.05) is 30.3 Å². The van der Waals surface area contributed by atoms with Crippen LogP contribution in [-0.4, -0.2) is 20.9 Å². The number of aromatic nitrogens is 3. The first-order chi connectivity index (χ1) is 11.7. The highest BCUT2D eigenvalue weighted by molar-refractivity contribution is 6.04. The number of aryl methyl sites for hydroxylation is 2. The van der Waals surface area contributed by atoms with Crippen LogP contribution in [0.2, 0.25) is 0 Å². The standard InChI is InChI=1S/C18H19N5O/c19-15-10-4-5-11-16(15)20-18(24)17-13-23(22-21-17)12-6-9-14-7-2-1-3-8-14/h1-5,7-8,10-11,13H,6,9,12,19H2,(H,20,24). The second-order valence-corrected chi connectivity index (χ2v) is 5.50. The topological polar surface area (TPSA) is 85.8 Å². The number of benzene rings is 2. The van der Waals surface area contributed by atoms with Crippen LogP contribution in [0.4, 0.5) is 11.4 Å². The van der Waals surface area contributed by atoms with Gasteiger partial charge >= 0.3 is 0 Å². The number of rotatable bonds is 6. The van der Waals surface area contributed by atoms with Crippen molar-refractivity contribution in [3.05, 3.63) is 72.1 Å². The lowest BCUT2D eigenvalue weighted by molar-refractivity contribution is 0.102. The average molecular weight is 321 g/mol. The number of hydrogen-bond acceptors (Lipinski definition) is 4. The minimum atomic E-state index is -0.317. The lowest BCUT2D eigenvalue weighted by Gasteiger charge is -2.05. The molecule has 0 fully saturated rings. The molecule has 0 saturated heterocycles. The van der Waals surface area contributed by atoms with Crippen molar-refractivity contribution >= 4 is 17.3 Å². The van der Waals surface area contributed by atoms with Gasteiger partial charge in [0, 0.05) is 6.54 Å². The van der Waals surface area contributed by atoms with Crippen molar-refractivity contribution in [1.29, 1.82) is 0 Å². The molecule has 0 unspecified atom stereocenters. The Balaban J connectivity index is 1.55. The van der Waals surface area contributed by atoms with Gasteiger partial charge in [0.1, 0.15) is 0 Å². The molecule has 122 valence electrons. The second kappa shape index (κ2) is 7.41. The summed E-state index contributed by atoms with van der Waals surface area (Å²) in [7, 11) is 0. The van der Waals surface area contributed by atoms with Crippen molar-refractivity contribution in [2.24, 2.45) is 0 Å². The lowest BCUT2D eigenvalue weighted by atomic mass is 10.1. The number of para-hydroxylation sites is 2. The average Bonchev–Trinajstić information content (AvgIpc) is 3.07. The summed E-state index contributed by atoms with van der Waals surface area (Å²) in [6.07, 6.45) is 3.54. The Bertz CT molecular complexity index is 813. The van der Waals surface area contributed by atoms with Crippen molar-refractivity contribution in [2.75, 3.05) is 11.1 Å². The highest BCUT2D eigenvalue weighted by Gasteiger charge is 2.12. The Morgan fingerprint density at radius 3 is 2.62 bits per heavy atom. The van der Waals surface area contributed by atoms with E-state index in [1.54, 1.807) is 23.0 Å². The maximum atomic E-state index is 12.2. The molecule has 0 spiro atoms. The second-order valence-electron chi connectivity index (χ2n) is 5.50. The number of carbonyl (C=O) groups is 1. The molecule has 6 nitrogen and oxygen atoms in total. The quantitative estimate of drug-likeness (QED) is 0.684. The SMILES string of the molecule is Nc1ccccc1NC(=O)c1cn(CCCc2ccccc2)nn1. The van der Waals surface area contributed by atoms with E-state index in [2.05, 4.69) is 27.8 Å². The van der Waals surface area contributed by atoms with Crippen LogP contribution in [0.15, 0.2) is 60.8 Å². The minimum Gasteiger partial charge on any atom is -0.397 e. The molecule has 0 aliphatic carbocycles. The van der Waals surface area contributed by atoms with Gasteiger partial charge in [0.2, 0.25) is 0 Å². The summed E-state index contributed by atoms with van der Waals surface area (Å²) in [5.41, 5.74) is 8.47. The third kappa shape index (κ3) is 3.98. The van der Waals surface area contributed by atoms with Crippen LogP contribution < -0.4 is 11.1 Å². The van der Waals surface area contributed by atoms with Gasteiger partial charge in [-0.15, -0.1) is 5.10 Å². The molecule has 6 heteroatoms. The highest BCUT2D eigenvalue weighted by atomic mass is 16.2. The van der Waals surface area contributed by atoms with Crippen molar-refractivity contribution in [2.45, 2.75) is 19.4 Å². The zero-order chi connectivity index (χ0) is 16.8. The van der Waals surface area contributed by atoms with Crippen LogP contribution in [0.5, 0.6) is 0 Å². The molecule has 3 aromatic rings. The van der Waals surface area contributed by atoms with Crippen LogP contribution in [0.3, 0.4) is 0 Å². The van der Waals surface area contributed by atoms with E-state index in [4.69, 9.17) is 5.73 Å². The van der Waals surface area contributed by atoms with Crippen molar-refractivity contribution < 1.29 is 4.79 Å². The summed E-state index contributed by atoms with van der Waals surface area (Å²) in [6, 6.07) is 17.4. The third-order valence-corrected chi connectivity index (χ3v) is 3.68. The lowest BCUT2D eigenvalue weighted by Crippen LogP contribution is -2.13. The zero-order valence-electron chi connectivity index (χ0n) is 13.2. The predicted octanol–water partition coefficient (Wildman–Crippen LogP) is 2.75. The Hall–Kier alpha value is -3.15. The van der Waals surface area contributed by atoms with Gasteiger partial charge in [-0.2, -0.15) is 0 Å². The Kier molecular flexibility index (Phi) is 4.86. The van der Waals surface area contributed by atoms with Crippen molar-refractivity contribution in [3.63, 3.8) is 0 Å². The van der Waals surface area contributed by atoms with Crippen LogP contribution in [0.25, 0.3) is 0 Å². The summed E-state index contributed by atoms with van der Waals surface area (Å²) >= 11 is 0. The third-order valence-electron chi connectivity index (χ3n) is 3.68. The molecule has 1 aromatic heterocycles. The highest BCUT2D eigenvalue weighted by Crippen LogP contribution is 2.17. The first kappa shape index (κ1) is 15.7. The molecule has 3 rings (SSSR count). The molecular formula is C18H19N5O. The molecule has 0 atom stereocenters. The monoisotopic (exact) mass is 321 g/mol. The summed E-state index contributed by atoms with van der Waals surface area (Å²) in [5.74, 6) is -0.317. The molecule has 24 heavy (non-hydrogen) atoms. The fourth-order valence-corrected chi connectivity index (χ4v) is 2.40. The molecule has 0 saturated carbocycles. The van der Waals surface area contributed by atoms with Gasteiger partial charge in [-0.25, -0.2) is 0 Å². The molecule has 2 aromatic carbocycles. The van der Waals surface area contributed by atoms with E-state index in [-0.39, 0.29) is 11.6 Å². The number of nitrogens with one attached hydrogen (secondary N) is 1. The number of anilines is 2. The number of amides is 1. The van der Waals surface area contributed by atoms with Gasteiger partial charge in [-0.05, 0) is 30.5 Å². The van der Waals surface area contributed by atoms with E-state index in [0.717, 1.165) is 12.8 Å². The van der Waals surface area contributed by atoms with E-state index < -0.39 is 0 Å². The van der Waals surface area contributed by atoms with E-state index in [1.165, 1.54) is 5.56 Å². The fraction of sp³-hybridized carbons (Fsp3) is 0.167. The van der Waals surface area contributed by atoms with Gasteiger partial charge < -0.3 is 11.1 Å². The molecule has 0 bridgehead atoms. The van der Waals surface area contributed by atoms with Crippen LogP contribution in [0.1, 0.15) is 22.5 Å². The Morgan fingerprint density at radius 2 is 1.83 bits per heavy atom. The molecule has 0 radical (unpaired) electrons. The zero-order valence-corrected chi connectivity index (χ0v) is 13.2. The van der Waals surface area contributed by atoms with E-state index in [0.29, 0.717) is 17.9 Å². The van der Waals surface area contributed by atoms with Crippen molar-refractivity contribution in [1.82, 2.24) is 15.0 Å². The number of hydrogen-bond donors (Lipinski definition) is 2. The number of nitrogens with zero attached hydrogens (tertiary/aromatic N) is 3. The summed E-state index contributed by atoms with van der Waals surface area (Å²) in [6.45, 7) is 0.711. The first-order valence-corrected chi connectivity index (χ1v) is 7.82. The maximum Gasteiger partial charge on any atom is 0.277 e. The molecule has 1 heterocycles. The molecule has 3 N–H and O–H groups in total. The summed E-state index contributed by atoms with van der Waals surface area (Å²) in [4.78, 5) is 12.2. The van der Waals surface area contributed by atoms with Crippen LogP contribution in [0, 0.1) is 0 Å². The summed E-state index contributed by atoms with van der Waals surface area (Å²) < 4.78 is 1.69. The molecule has 0 aliphatic rings. The van der Waals surface area contributed by atoms with Gasteiger partial charge in [-0.1, -0.05) is 47.7 Å². The fourth-order valence-electron chi connectivity index (χ4n) is 2.40. The Labute approximate surface area is 140 Å². The van der Waals surface area contributed by atoms with Gasteiger partial charge in [-0.3, -0.25) is 9.48 Å². The van der Waals surface area contributed by atoms with Crippen molar-refractivity contribution in [3.8, 4) is 0 Å². The first-order valence-electron chi connectivity index (χ1n) is 7.82. The maximum absolute atomic E-state index is 12.2. The van der Waals surface area contributed by atoms with Gasteiger partial charge in [0.15, 0.2) is 5.69 Å². The van der Waals surface area contributed by atoms with Crippen LogP contribution in [-0.2, 0) is 13.0 Å². The molecule has 1 amide bonds. The number of nitrogen functional groups attached to an aromatic ring is 1. The largest absolute Gasteiger partial charge is 0.397 e. The normalized spacial score (nSPS) is 10.5. The predicted molar refractivity (Wildman–Crippen MR) is 93.6 cm³/mol. The smallest absolute Gasteiger partial charge is 0.277 e. The molecular weight excluding hydrogens is 302 g/mol. The van der Waals surface area contributed by atoms with Gasteiger partial charge in [0.25, 0.3) is 5.91 Å². The number of nitrogens with two attached hydrogens (primary N) is 1.